The van der Waals surface area contributed by atoms with Gasteiger partial charge in [-0.2, -0.15) is 15.4 Å². The Morgan fingerprint density at radius 2 is 1.37 bits per heavy atom. The van der Waals surface area contributed by atoms with Crippen LogP contribution in [0.3, 0.4) is 0 Å². The molecule has 0 saturated carbocycles. The van der Waals surface area contributed by atoms with Gasteiger partial charge in [0.1, 0.15) is 23.7 Å². The Bertz CT molecular complexity index is 2200. The Morgan fingerprint density at radius 1 is 0.817 bits per heavy atom. The van der Waals surface area contributed by atoms with Crippen molar-refractivity contribution >= 4 is 47.0 Å². The van der Waals surface area contributed by atoms with Gasteiger partial charge in [-0.3, -0.25) is 14.4 Å². The molecule has 0 saturated heterocycles. The molecule has 0 aliphatic rings. The quantitative estimate of drug-likeness (QED) is 0.0564. The second-order valence-electron chi connectivity index (χ2n) is 13.7. The Morgan fingerprint density at radius 3 is 1.85 bits per heavy atom. The third kappa shape index (κ3) is 14.5. The summed E-state index contributed by atoms with van der Waals surface area (Å²) in [6.07, 6.45) is 2.24. The molecule has 2 amide bonds. The summed E-state index contributed by atoms with van der Waals surface area (Å²) in [6.45, 7) is 2.10. The number of aromatic amines is 1. The predicted octanol–water partition coefficient (Wildman–Crippen LogP) is 5.21. The highest BCUT2D eigenvalue weighted by Gasteiger charge is 2.27. The molecule has 60 heavy (non-hydrogen) atoms. The number of carbonyl (C=O) groups is 4. The van der Waals surface area contributed by atoms with Crippen LogP contribution in [-0.4, -0.2) is 81.6 Å². The highest BCUT2D eigenvalue weighted by molar-refractivity contribution is 6.31. The number of benzene rings is 4. The van der Waals surface area contributed by atoms with Gasteiger partial charge in [-0.1, -0.05) is 71.7 Å². The van der Waals surface area contributed by atoms with Gasteiger partial charge in [-0.15, -0.1) is 0 Å². The van der Waals surface area contributed by atoms with Crippen molar-refractivity contribution in [1.82, 2.24) is 26.0 Å². The number of rotatable bonds is 18. The number of esters is 1. The Kier molecular flexibility index (Phi) is 18.1. The highest BCUT2D eigenvalue weighted by atomic mass is 35.5. The third-order valence-corrected chi connectivity index (χ3v) is 9.49. The minimum absolute atomic E-state index is 0.0265. The largest absolute Gasteiger partial charge is 0.480 e. The van der Waals surface area contributed by atoms with Crippen LogP contribution < -0.4 is 27.8 Å². The van der Waals surface area contributed by atoms with Crippen LogP contribution in [0.15, 0.2) is 91.1 Å². The number of amides is 2. The number of hydrogen-bond acceptors (Lipinski definition) is 10. The van der Waals surface area contributed by atoms with Gasteiger partial charge in [0.2, 0.25) is 5.91 Å². The lowest BCUT2D eigenvalue weighted by Gasteiger charge is -2.23. The summed E-state index contributed by atoms with van der Waals surface area (Å²) in [5.41, 5.74) is 21.1. The van der Waals surface area contributed by atoms with Crippen LogP contribution in [0.2, 0.25) is 10.0 Å². The molecule has 18 heteroatoms. The molecule has 0 radical (unpaired) electrons. The lowest BCUT2D eigenvalue weighted by molar-refractivity contribution is -0.145. The van der Waals surface area contributed by atoms with E-state index in [-0.39, 0.29) is 43.4 Å². The van der Waals surface area contributed by atoms with Gasteiger partial charge in [0, 0.05) is 46.2 Å². The van der Waals surface area contributed by atoms with E-state index in [1.165, 1.54) is 36.5 Å². The second-order valence-corrected chi connectivity index (χ2v) is 14.5. The lowest BCUT2D eigenvalue weighted by atomic mass is 9.96. The zero-order chi connectivity index (χ0) is 43.8. The fourth-order valence-corrected chi connectivity index (χ4v) is 6.43. The fraction of sp³-hybridized carbons (Fsp3) is 0.286. The number of nitrogens with zero attached hydrogens (tertiary/aromatic N) is 2. The summed E-state index contributed by atoms with van der Waals surface area (Å²) < 4.78 is 33.0. The lowest BCUT2D eigenvalue weighted by Crippen LogP contribution is -2.47. The molecule has 0 bridgehead atoms. The topological polar surface area (TPSA) is 241 Å². The molecule has 5 rings (SSSR count). The average Bonchev–Trinajstić information content (AvgIpc) is 3.76. The maximum Gasteiger partial charge on any atom is 0.326 e. The SMILES string of the molecule is CCOC(=O)[C@H](N)C[C@H](N)Cc1ccc(-c2cc(Cl)ccc2F)cc1.NCCC(=O)N[C@H](C[C@@H](Cc1ccc(-c2cc(Cl)ccc2F)cc1)NC(=O)c1cn[nH]n1)C(=O)O. The van der Waals surface area contributed by atoms with E-state index in [1.807, 2.05) is 24.3 Å². The van der Waals surface area contributed by atoms with Crippen molar-refractivity contribution in [2.75, 3.05) is 13.2 Å². The van der Waals surface area contributed by atoms with Gasteiger partial charge < -0.3 is 37.7 Å². The monoisotopic (exact) mass is 866 g/mol. The standard InChI is InChI=1S/C23H24ClFN6O4.C19H22ClFN2O2/c24-15-5-6-18(25)17(10-15)14-3-1-13(2-4-14)9-16(28-22(33)20-12-27-31-30-20)11-19(23(34)35)29-21(32)7-8-26;1-2-25-19(24)18(23)11-15(22)9-12-3-5-13(6-4-12)16-10-14(20)7-8-17(16)21/h1-6,10,12,16,19H,7-9,11,26H2,(H,28,33)(H,29,32)(H,34,35)(H,27,30,31);3-8,10,15,18H,2,9,11,22-23H2,1H3/t16-,19-;15-,18-/m11/s1. The van der Waals surface area contributed by atoms with Crippen LogP contribution in [0, 0.1) is 11.6 Å². The van der Waals surface area contributed by atoms with Crippen molar-refractivity contribution in [2.24, 2.45) is 17.2 Å². The first-order chi connectivity index (χ1) is 28.7. The molecule has 4 atom stereocenters. The van der Waals surface area contributed by atoms with E-state index in [0.29, 0.717) is 46.2 Å². The molecule has 0 unspecified atom stereocenters. The van der Waals surface area contributed by atoms with Gasteiger partial charge in [0.25, 0.3) is 5.91 Å². The molecule has 0 fully saturated rings. The Balaban J connectivity index is 0.000000280. The normalized spacial score (nSPS) is 12.9. The molecule has 4 aromatic carbocycles. The van der Waals surface area contributed by atoms with Crippen LogP contribution in [0.1, 0.15) is 47.8 Å². The summed E-state index contributed by atoms with van der Waals surface area (Å²) in [7, 11) is 0. The van der Waals surface area contributed by atoms with Gasteiger partial charge in [-0.05, 0) is 91.3 Å². The van der Waals surface area contributed by atoms with Crippen molar-refractivity contribution in [3.05, 3.63) is 130 Å². The number of ether oxygens (including phenoxy) is 1. The van der Waals surface area contributed by atoms with Gasteiger partial charge in [0.15, 0.2) is 5.69 Å². The molecular formula is C42H46Cl2F2N8O6. The number of hydrogen-bond donors (Lipinski definition) is 7. The fourth-order valence-electron chi connectivity index (χ4n) is 6.09. The van der Waals surface area contributed by atoms with E-state index in [0.717, 1.165) is 16.7 Å². The number of carboxylic acids is 1. The minimum Gasteiger partial charge on any atom is -0.480 e. The maximum absolute atomic E-state index is 14.2. The van der Waals surface area contributed by atoms with Crippen LogP contribution in [0.25, 0.3) is 22.3 Å². The molecule has 1 aromatic heterocycles. The highest BCUT2D eigenvalue weighted by Crippen LogP contribution is 2.28. The van der Waals surface area contributed by atoms with Crippen LogP contribution >= 0.6 is 23.2 Å². The number of halogens is 4. The van der Waals surface area contributed by atoms with E-state index in [1.54, 1.807) is 37.3 Å². The zero-order valence-electron chi connectivity index (χ0n) is 32.5. The minimum atomic E-state index is -1.25. The van der Waals surface area contributed by atoms with Crippen LogP contribution in [0.4, 0.5) is 8.78 Å². The van der Waals surface area contributed by atoms with E-state index in [4.69, 9.17) is 45.1 Å². The number of H-pyrrole nitrogens is 1. The molecule has 0 aliphatic heterocycles. The van der Waals surface area contributed by atoms with Crippen LogP contribution in [0.5, 0.6) is 0 Å². The Labute approximate surface area is 355 Å². The zero-order valence-corrected chi connectivity index (χ0v) is 34.1. The summed E-state index contributed by atoms with van der Waals surface area (Å²) in [5, 5.41) is 25.3. The second kappa shape index (κ2) is 23.1. The summed E-state index contributed by atoms with van der Waals surface area (Å²) in [5.74, 6) is -3.49. The van der Waals surface area contributed by atoms with Crippen LogP contribution in [-0.2, 0) is 32.0 Å². The van der Waals surface area contributed by atoms with Crippen molar-refractivity contribution in [1.29, 1.82) is 0 Å². The van der Waals surface area contributed by atoms with E-state index in [2.05, 4.69) is 26.0 Å². The summed E-state index contributed by atoms with van der Waals surface area (Å²) >= 11 is 11.9. The van der Waals surface area contributed by atoms with E-state index < -0.39 is 47.7 Å². The molecule has 0 aliphatic carbocycles. The molecule has 318 valence electrons. The molecular weight excluding hydrogens is 821 g/mol. The van der Waals surface area contributed by atoms with Gasteiger partial charge >= 0.3 is 11.9 Å². The maximum atomic E-state index is 14.2. The first kappa shape index (κ1) is 46.9. The molecule has 1 heterocycles. The van der Waals surface area contributed by atoms with Gasteiger partial charge in [-0.25, -0.2) is 13.6 Å². The number of nitrogens with one attached hydrogen (secondary N) is 3. The van der Waals surface area contributed by atoms with Gasteiger partial charge in [0.05, 0.1) is 12.8 Å². The number of carboxylic acid groups (broad SMARTS) is 1. The summed E-state index contributed by atoms with van der Waals surface area (Å²) in [4.78, 5) is 47.8. The Hall–Kier alpha value is -5.78. The van der Waals surface area contributed by atoms with E-state index in [9.17, 15) is 33.1 Å². The predicted molar refractivity (Wildman–Crippen MR) is 224 cm³/mol. The number of carbonyl (C=O) groups excluding carboxylic acids is 3. The first-order valence-corrected chi connectivity index (χ1v) is 19.6. The number of aliphatic carboxylic acids is 1. The molecule has 5 aromatic rings. The van der Waals surface area contributed by atoms with Crippen molar-refractivity contribution < 1.29 is 37.8 Å². The molecule has 10 N–H and O–H groups in total. The third-order valence-electron chi connectivity index (χ3n) is 9.02. The number of nitrogens with two attached hydrogens (primary N) is 3. The van der Waals surface area contributed by atoms with E-state index >= 15 is 0 Å². The van der Waals surface area contributed by atoms with Crippen molar-refractivity contribution in [3.8, 4) is 22.3 Å². The first-order valence-electron chi connectivity index (χ1n) is 18.8. The van der Waals surface area contributed by atoms with Crippen molar-refractivity contribution in [2.45, 2.75) is 63.2 Å². The molecule has 14 nitrogen and oxygen atoms in total. The smallest absolute Gasteiger partial charge is 0.326 e. The summed E-state index contributed by atoms with van der Waals surface area (Å²) in [6, 6.07) is 20.1. The average molecular weight is 868 g/mol. The van der Waals surface area contributed by atoms with Crippen molar-refractivity contribution in [3.63, 3.8) is 0 Å². The molecule has 0 spiro atoms. The number of aromatic nitrogens is 3.